The first-order chi connectivity index (χ1) is 17.2. The van der Waals surface area contributed by atoms with Crippen molar-refractivity contribution in [2.45, 2.75) is 70.4 Å². The number of carbonyl (C=O) groups is 1. The number of fused-ring (bicyclic) bond motifs is 1. The van der Waals surface area contributed by atoms with Gasteiger partial charge in [0.2, 0.25) is 0 Å². The van der Waals surface area contributed by atoms with Gasteiger partial charge in [-0.25, -0.2) is 8.42 Å². The highest BCUT2D eigenvalue weighted by molar-refractivity contribution is 7.91. The number of hydrogen-bond acceptors (Lipinski definition) is 5. The zero-order valence-electron chi connectivity index (χ0n) is 21.4. The first-order valence-electron chi connectivity index (χ1n) is 13.0. The summed E-state index contributed by atoms with van der Waals surface area (Å²) < 4.78 is 26.4. The average Bonchev–Trinajstić information content (AvgIpc) is 3.24. The van der Waals surface area contributed by atoms with Gasteiger partial charge < -0.3 is 15.0 Å². The summed E-state index contributed by atoms with van der Waals surface area (Å²) >= 11 is 0. The third kappa shape index (κ3) is 5.65. The number of benzene rings is 1. The van der Waals surface area contributed by atoms with Crippen LogP contribution in [0.25, 0.3) is 10.9 Å². The molecule has 2 N–H and O–H groups in total. The van der Waals surface area contributed by atoms with Gasteiger partial charge in [-0.15, -0.1) is 0 Å². The molecular formula is C28H37N3O4S. The van der Waals surface area contributed by atoms with Crippen LogP contribution in [-0.2, 0) is 22.8 Å². The van der Waals surface area contributed by atoms with Gasteiger partial charge in [-0.3, -0.25) is 9.78 Å². The molecule has 0 aliphatic heterocycles. The Kier molecular flexibility index (Phi) is 8.15. The molecule has 0 radical (unpaired) electrons. The summed E-state index contributed by atoms with van der Waals surface area (Å²) in [5.41, 5.74) is 3.37. The largest absolute Gasteiger partial charge is 0.394 e. The van der Waals surface area contributed by atoms with Crippen LogP contribution >= 0.6 is 0 Å². The average molecular weight is 512 g/mol. The summed E-state index contributed by atoms with van der Waals surface area (Å²) in [4.78, 5) is 17.4. The van der Waals surface area contributed by atoms with E-state index < -0.39 is 15.9 Å². The Balaban J connectivity index is 1.51. The Bertz CT molecular complexity index is 1310. The van der Waals surface area contributed by atoms with Crippen LogP contribution in [0.3, 0.4) is 0 Å². The van der Waals surface area contributed by atoms with E-state index in [4.69, 9.17) is 0 Å². The van der Waals surface area contributed by atoms with E-state index in [9.17, 15) is 18.3 Å². The molecule has 1 atom stereocenters. The predicted molar refractivity (Wildman–Crippen MR) is 142 cm³/mol. The van der Waals surface area contributed by atoms with Crippen LogP contribution in [0.5, 0.6) is 0 Å². The molecule has 0 unspecified atom stereocenters. The lowest BCUT2D eigenvalue weighted by Crippen LogP contribution is -2.31. The van der Waals surface area contributed by atoms with Gasteiger partial charge in [0.1, 0.15) is 0 Å². The first-order valence-corrected chi connectivity index (χ1v) is 14.6. The van der Waals surface area contributed by atoms with Crippen LogP contribution in [0.15, 0.2) is 47.5 Å². The number of carbonyl (C=O) groups excluding carboxylic acids is 1. The second kappa shape index (κ2) is 11.1. The molecule has 4 rings (SSSR count). The Labute approximate surface area is 213 Å². The molecule has 0 bridgehead atoms. The normalized spacial score (nSPS) is 19.3. The number of aryl methyl sites for hydroxylation is 1. The van der Waals surface area contributed by atoms with Crippen molar-refractivity contribution >= 4 is 26.6 Å². The molecule has 36 heavy (non-hydrogen) atoms. The minimum atomic E-state index is -3.36. The number of nitrogens with zero attached hydrogens (tertiary/aromatic N) is 2. The van der Waals surface area contributed by atoms with E-state index in [-0.39, 0.29) is 23.2 Å². The molecule has 194 valence electrons. The van der Waals surface area contributed by atoms with Crippen LogP contribution in [-0.4, -0.2) is 41.3 Å². The fourth-order valence-corrected chi connectivity index (χ4v) is 6.07. The number of pyridine rings is 1. The van der Waals surface area contributed by atoms with Crippen molar-refractivity contribution in [3.05, 3.63) is 59.5 Å². The van der Waals surface area contributed by atoms with E-state index in [1.165, 1.54) is 49.7 Å². The lowest BCUT2D eigenvalue weighted by Gasteiger charge is -2.26. The zero-order valence-corrected chi connectivity index (χ0v) is 22.2. The third-order valence-electron chi connectivity index (χ3n) is 7.54. The highest BCUT2D eigenvalue weighted by atomic mass is 32.2. The van der Waals surface area contributed by atoms with Gasteiger partial charge in [0.25, 0.3) is 5.91 Å². The molecule has 8 heteroatoms. The molecule has 0 saturated heterocycles. The second-order valence-corrected chi connectivity index (χ2v) is 12.3. The molecule has 1 amide bonds. The highest BCUT2D eigenvalue weighted by Crippen LogP contribution is 2.32. The van der Waals surface area contributed by atoms with Crippen molar-refractivity contribution in [3.8, 4) is 0 Å². The zero-order chi connectivity index (χ0) is 25.9. The molecule has 7 nitrogen and oxygen atoms in total. The molecule has 2 aromatic heterocycles. The number of aromatic nitrogens is 2. The molecule has 1 aromatic carbocycles. The lowest BCUT2D eigenvalue weighted by atomic mass is 9.81. The molecule has 3 aromatic rings. The van der Waals surface area contributed by atoms with Crippen LogP contribution in [0, 0.1) is 11.8 Å². The van der Waals surface area contributed by atoms with Gasteiger partial charge in [-0.05, 0) is 74.4 Å². The molecular weight excluding hydrogens is 474 g/mol. The van der Waals surface area contributed by atoms with Gasteiger partial charge in [-0.1, -0.05) is 26.7 Å². The molecule has 0 spiro atoms. The fraction of sp³-hybridized carbons (Fsp3) is 0.500. The van der Waals surface area contributed by atoms with Crippen LogP contribution in [0.2, 0.25) is 0 Å². The standard InChI is InChI=1S/C28H37N3O4S/c1-4-31-23(14-20-8-6-19(3)7-9-20)16-22-15-21(10-13-27(22)31)28(33)30-26(18-32)25-12-11-24(17-29-25)36(34,35)5-2/h10-13,15-17,19-20,26,32H,4-9,14,18H2,1-3H3,(H,30,33)/t19-,20-,26-/m0/s1. The van der Waals surface area contributed by atoms with E-state index >= 15 is 0 Å². The van der Waals surface area contributed by atoms with E-state index in [2.05, 4.69) is 34.8 Å². The Morgan fingerprint density at radius 2 is 1.89 bits per heavy atom. The highest BCUT2D eigenvalue weighted by Gasteiger charge is 2.22. The summed E-state index contributed by atoms with van der Waals surface area (Å²) in [6.07, 6.45) is 7.51. The van der Waals surface area contributed by atoms with Crippen molar-refractivity contribution < 1.29 is 18.3 Å². The maximum atomic E-state index is 13.1. The predicted octanol–water partition coefficient (Wildman–Crippen LogP) is 4.68. The van der Waals surface area contributed by atoms with Crippen LogP contribution in [0.4, 0.5) is 0 Å². The van der Waals surface area contributed by atoms with Gasteiger partial charge in [0, 0.05) is 34.9 Å². The Morgan fingerprint density at radius 1 is 1.14 bits per heavy atom. The van der Waals surface area contributed by atoms with Crippen molar-refractivity contribution in [1.82, 2.24) is 14.9 Å². The number of aliphatic hydroxyl groups excluding tert-OH is 1. The van der Waals surface area contributed by atoms with Crippen LogP contribution in [0.1, 0.15) is 74.2 Å². The van der Waals surface area contributed by atoms with Gasteiger partial charge >= 0.3 is 0 Å². The monoisotopic (exact) mass is 511 g/mol. The molecule has 1 saturated carbocycles. The van der Waals surface area contributed by atoms with Crippen LogP contribution < -0.4 is 5.32 Å². The minimum Gasteiger partial charge on any atom is -0.394 e. The van der Waals surface area contributed by atoms with E-state index in [0.717, 1.165) is 35.7 Å². The number of aliphatic hydroxyl groups is 1. The van der Waals surface area contributed by atoms with E-state index in [1.807, 2.05) is 18.2 Å². The quantitative estimate of drug-likeness (QED) is 0.434. The molecule has 2 heterocycles. The molecule has 1 fully saturated rings. The van der Waals surface area contributed by atoms with Crippen molar-refractivity contribution in [2.75, 3.05) is 12.4 Å². The lowest BCUT2D eigenvalue weighted by molar-refractivity contribution is 0.0915. The topological polar surface area (TPSA) is 101 Å². The SMILES string of the molecule is CCn1c(C[C@H]2CC[C@H](C)CC2)cc2cc(C(=O)N[C@@H](CO)c3ccc(S(=O)(=O)CC)cn3)ccc21. The number of rotatable bonds is 9. The van der Waals surface area contributed by atoms with Crippen molar-refractivity contribution in [1.29, 1.82) is 0 Å². The second-order valence-electron chi connectivity index (χ2n) is 10.0. The number of amides is 1. The first kappa shape index (κ1) is 26.4. The number of nitrogens with one attached hydrogen (secondary N) is 1. The summed E-state index contributed by atoms with van der Waals surface area (Å²) in [6, 6.07) is 10.2. The van der Waals surface area contributed by atoms with E-state index in [0.29, 0.717) is 11.3 Å². The van der Waals surface area contributed by atoms with Crippen molar-refractivity contribution in [3.63, 3.8) is 0 Å². The molecule has 1 aliphatic rings. The van der Waals surface area contributed by atoms with Crippen molar-refractivity contribution in [2.24, 2.45) is 11.8 Å². The summed E-state index contributed by atoms with van der Waals surface area (Å²) in [7, 11) is -3.36. The summed E-state index contributed by atoms with van der Waals surface area (Å²) in [5, 5.41) is 13.8. The number of sulfone groups is 1. The minimum absolute atomic E-state index is 0.0159. The molecule has 1 aliphatic carbocycles. The fourth-order valence-electron chi connectivity index (χ4n) is 5.24. The summed E-state index contributed by atoms with van der Waals surface area (Å²) in [6.45, 7) is 6.61. The summed E-state index contributed by atoms with van der Waals surface area (Å²) in [5.74, 6) is 1.22. The third-order valence-corrected chi connectivity index (χ3v) is 9.26. The Morgan fingerprint density at radius 3 is 2.50 bits per heavy atom. The van der Waals surface area contributed by atoms with Gasteiger partial charge in [0.15, 0.2) is 9.84 Å². The van der Waals surface area contributed by atoms with Gasteiger partial charge in [-0.2, -0.15) is 0 Å². The Hall–Kier alpha value is -2.71. The smallest absolute Gasteiger partial charge is 0.251 e. The maximum Gasteiger partial charge on any atom is 0.251 e. The number of hydrogen-bond donors (Lipinski definition) is 2. The maximum absolute atomic E-state index is 13.1. The van der Waals surface area contributed by atoms with E-state index in [1.54, 1.807) is 6.92 Å². The van der Waals surface area contributed by atoms with Gasteiger partial charge in [0.05, 0.1) is 29.0 Å².